The summed E-state index contributed by atoms with van der Waals surface area (Å²) in [5, 5.41) is 18.4. The van der Waals surface area contributed by atoms with E-state index < -0.39 is 15.7 Å². The number of amides is 1. The minimum absolute atomic E-state index is 0.0138. The van der Waals surface area contributed by atoms with Crippen molar-refractivity contribution in [1.29, 1.82) is 0 Å². The first kappa shape index (κ1) is 19.4. The average molecular weight is 411 g/mol. The second-order valence-electron chi connectivity index (χ2n) is 6.45. The zero-order valence-corrected chi connectivity index (χ0v) is 16.4. The fourth-order valence-corrected chi connectivity index (χ4v) is 4.96. The topological polar surface area (TPSA) is 114 Å². The Morgan fingerprint density at radius 3 is 2.85 bits per heavy atom. The minimum Gasteiger partial charge on any atom is -0.507 e. The fraction of sp³-hybridized carbons (Fsp3) is 0.353. The van der Waals surface area contributed by atoms with Crippen LogP contribution in [0.1, 0.15) is 39.8 Å². The van der Waals surface area contributed by atoms with E-state index in [2.05, 4.69) is 15.6 Å². The summed E-state index contributed by atoms with van der Waals surface area (Å²) in [4.78, 5) is 12.1. The largest absolute Gasteiger partial charge is 0.507 e. The minimum atomic E-state index is -3.02. The number of aromatic hydroxyl groups is 1. The van der Waals surface area contributed by atoms with E-state index in [-0.39, 0.29) is 28.9 Å². The fourth-order valence-electron chi connectivity index (χ4n) is 3.09. The number of hydrogen-bond donors (Lipinski definition) is 2. The lowest BCUT2D eigenvalue weighted by molar-refractivity contribution is 0.0952. The first-order valence-corrected chi connectivity index (χ1v) is 10.5. The number of carbonyl (C=O) groups excluding carboxylic acids is 1. The van der Waals surface area contributed by atoms with E-state index in [4.69, 9.17) is 11.6 Å². The number of sulfone groups is 1. The summed E-state index contributed by atoms with van der Waals surface area (Å²) in [7, 11) is -3.02. The van der Waals surface area contributed by atoms with Crippen LogP contribution in [0.4, 0.5) is 0 Å². The van der Waals surface area contributed by atoms with Crippen molar-refractivity contribution in [1.82, 2.24) is 15.2 Å². The van der Waals surface area contributed by atoms with Crippen molar-refractivity contribution in [2.75, 3.05) is 11.5 Å². The Labute approximate surface area is 161 Å². The Kier molecular flexibility index (Phi) is 5.25. The zero-order chi connectivity index (χ0) is 19.8. The van der Waals surface area contributed by atoms with Crippen molar-refractivity contribution >= 4 is 33.6 Å². The van der Waals surface area contributed by atoms with E-state index in [9.17, 15) is 18.3 Å². The number of carbonyl (C=O) groups is 1. The monoisotopic (exact) mass is 410 g/mol. The Balaban J connectivity index is 1.76. The summed E-state index contributed by atoms with van der Waals surface area (Å²) in [5.74, 6) is -0.555. The van der Waals surface area contributed by atoms with Crippen LogP contribution >= 0.6 is 11.6 Å². The first-order valence-electron chi connectivity index (χ1n) is 8.26. The quantitative estimate of drug-likeness (QED) is 0.591. The molecule has 0 unspecified atom stereocenters. The van der Waals surface area contributed by atoms with Gasteiger partial charge in [-0.3, -0.25) is 9.48 Å². The molecule has 0 radical (unpaired) electrons. The standard InChI is InChI=1S/C17H19ClN4O4S/c1-10-15(11(2)22(21-10)13-5-6-27(25,26)9-13)8-19-20-17(24)14-7-12(18)3-4-16(14)23/h3-4,7-8,13,23H,5-6,9H2,1-2H3,(H,20,24)/b19-8-/t13-/m0/s1. The van der Waals surface area contributed by atoms with Gasteiger partial charge in [-0.05, 0) is 38.5 Å². The summed E-state index contributed by atoms with van der Waals surface area (Å²) in [5.41, 5.74) is 4.52. The number of benzene rings is 1. The Morgan fingerprint density at radius 1 is 1.44 bits per heavy atom. The van der Waals surface area contributed by atoms with Gasteiger partial charge in [-0.25, -0.2) is 13.8 Å². The van der Waals surface area contributed by atoms with Gasteiger partial charge in [-0.1, -0.05) is 11.6 Å². The molecule has 1 aliphatic rings. The van der Waals surface area contributed by atoms with Crippen molar-refractivity contribution in [3.8, 4) is 5.75 Å². The molecule has 1 amide bonds. The van der Waals surface area contributed by atoms with Crippen LogP contribution in [0.25, 0.3) is 0 Å². The van der Waals surface area contributed by atoms with Crippen molar-refractivity contribution < 1.29 is 18.3 Å². The highest BCUT2D eigenvalue weighted by atomic mass is 35.5. The predicted molar refractivity (Wildman–Crippen MR) is 102 cm³/mol. The summed E-state index contributed by atoms with van der Waals surface area (Å²) in [6.45, 7) is 3.62. The molecule has 10 heteroatoms. The highest BCUT2D eigenvalue weighted by Crippen LogP contribution is 2.26. The Hall–Kier alpha value is -2.39. The molecule has 0 saturated carbocycles. The van der Waals surface area contributed by atoms with Crippen molar-refractivity contribution in [2.45, 2.75) is 26.3 Å². The van der Waals surface area contributed by atoms with Crippen LogP contribution in [0.15, 0.2) is 23.3 Å². The number of nitrogens with one attached hydrogen (secondary N) is 1. The van der Waals surface area contributed by atoms with E-state index in [0.29, 0.717) is 22.7 Å². The molecule has 8 nitrogen and oxygen atoms in total. The van der Waals surface area contributed by atoms with Gasteiger partial charge in [0.05, 0.1) is 35.0 Å². The number of aryl methyl sites for hydroxylation is 1. The zero-order valence-electron chi connectivity index (χ0n) is 14.8. The van der Waals surface area contributed by atoms with E-state index >= 15 is 0 Å². The molecular formula is C17H19ClN4O4S. The Morgan fingerprint density at radius 2 is 2.19 bits per heavy atom. The van der Waals surface area contributed by atoms with Crippen LogP contribution in [-0.2, 0) is 9.84 Å². The molecule has 1 atom stereocenters. The van der Waals surface area contributed by atoms with E-state index in [1.54, 1.807) is 11.6 Å². The summed E-state index contributed by atoms with van der Waals surface area (Å²) in [6, 6.07) is 3.96. The molecule has 27 heavy (non-hydrogen) atoms. The van der Waals surface area contributed by atoms with E-state index in [1.165, 1.54) is 24.4 Å². The number of phenolic OH excluding ortho intramolecular Hbond substituents is 1. The van der Waals surface area contributed by atoms with Crippen molar-refractivity contribution in [3.05, 3.63) is 45.7 Å². The average Bonchev–Trinajstić information content (AvgIpc) is 3.10. The van der Waals surface area contributed by atoms with Gasteiger partial charge in [0.2, 0.25) is 0 Å². The van der Waals surface area contributed by atoms with Gasteiger partial charge in [-0.2, -0.15) is 10.2 Å². The van der Waals surface area contributed by atoms with E-state index in [0.717, 1.165) is 5.69 Å². The molecule has 1 saturated heterocycles. The number of phenols is 1. The third-order valence-electron chi connectivity index (χ3n) is 4.50. The normalized spacial score (nSPS) is 18.9. The van der Waals surface area contributed by atoms with Gasteiger partial charge >= 0.3 is 0 Å². The summed E-state index contributed by atoms with van der Waals surface area (Å²) < 4.78 is 25.1. The predicted octanol–water partition coefficient (Wildman–Crippen LogP) is 1.98. The molecule has 1 fully saturated rings. The lowest BCUT2D eigenvalue weighted by Gasteiger charge is -2.10. The van der Waals surface area contributed by atoms with Crippen LogP contribution in [0.2, 0.25) is 5.02 Å². The second kappa shape index (κ2) is 7.32. The lowest BCUT2D eigenvalue weighted by atomic mass is 10.2. The molecule has 3 rings (SSSR count). The highest BCUT2D eigenvalue weighted by molar-refractivity contribution is 7.91. The maximum atomic E-state index is 12.1. The number of nitrogens with zero attached hydrogens (tertiary/aromatic N) is 3. The molecule has 2 heterocycles. The highest BCUT2D eigenvalue weighted by Gasteiger charge is 2.31. The molecule has 2 N–H and O–H groups in total. The maximum absolute atomic E-state index is 12.1. The van der Waals surface area contributed by atoms with E-state index in [1.807, 2.05) is 6.92 Å². The van der Waals surface area contributed by atoms with Crippen LogP contribution in [-0.4, -0.2) is 46.9 Å². The number of hydrazone groups is 1. The molecule has 144 valence electrons. The summed E-state index contributed by atoms with van der Waals surface area (Å²) >= 11 is 5.83. The first-order chi connectivity index (χ1) is 12.7. The SMILES string of the molecule is Cc1nn([C@H]2CCS(=O)(=O)C2)c(C)c1/C=N\NC(=O)c1cc(Cl)ccc1O. The number of halogens is 1. The molecule has 1 aromatic carbocycles. The van der Waals surface area contributed by atoms with Gasteiger partial charge in [0.25, 0.3) is 5.91 Å². The van der Waals surface area contributed by atoms with Crippen LogP contribution in [0.5, 0.6) is 5.75 Å². The molecule has 1 aromatic heterocycles. The van der Waals surface area contributed by atoms with Crippen molar-refractivity contribution in [2.24, 2.45) is 5.10 Å². The van der Waals surface area contributed by atoms with Gasteiger partial charge < -0.3 is 5.11 Å². The van der Waals surface area contributed by atoms with Gasteiger partial charge in [0, 0.05) is 16.3 Å². The van der Waals surface area contributed by atoms with Gasteiger partial charge in [0.15, 0.2) is 9.84 Å². The van der Waals surface area contributed by atoms with Crippen molar-refractivity contribution in [3.63, 3.8) is 0 Å². The smallest absolute Gasteiger partial charge is 0.275 e. The molecule has 0 aliphatic carbocycles. The van der Waals surface area contributed by atoms with Gasteiger partial charge in [-0.15, -0.1) is 0 Å². The number of aromatic nitrogens is 2. The summed E-state index contributed by atoms with van der Waals surface area (Å²) in [6.07, 6.45) is 1.99. The molecule has 0 bridgehead atoms. The van der Waals surface area contributed by atoms with Crippen LogP contribution in [0, 0.1) is 13.8 Å². The third kappa shape index (κ3) is 4.14. The molecule has 2 aromatic rings. The molecular weight excluding hydrogens is 392 g/mol. The third-order valence-corrected chi connectivity index (χ3v) is 6.48. The van der Waals surface area contributed by atoms with Gasteiger partial charge in [0.1, 0.15) is 5.75 Å². The maximum Gasteiger partial charge on any atom is 0.275 e. The number of hydrogen-bond acceptors (Lipinski definition) is 6. The lowest BCUT2D eigenvalue weighted by Crippen LogP contribution is -2.18. The van der Waals surface area contributed by atoms with Crippen LogP contribution < -0.4 is 5.43 Å². The second-order valence-corrected chi connectivity index (χ2v) is 9.11. The van der Waals surface area contributed by atoms with Crippen LogP contribution in [0.3, 0.4) is 0 Å². The molecule has 0 spiro atoms. The number of rotatable bonds is 4. The Bertz CT molecular complexity index is 1030. The molecule has 1 aliphatic heterocycles.